The number of rotatable bonds is 6. The number of aliphatic hydroxyl groups excluding tert-OH is 1. The topological polar surface area (TPSA) is 115 Å². The Morgan fingerprint density at radius 2 is 1.50 bits per heavy atom. The summed E-state index contributed by atoms with van der Waals surface area (Å²) in [5, 5.41) is 35.9. The minimum Gasteiger partial charge on any atom is -0.506 e. The molecule has 0 aliphatic heterocycles. The summed E-state index contributed by atoms with van der Waals surface area (Å²) in [6, 6.07) is 2.50. The van der Waals surface area contributed by atoms with Crippen molar-refractivity contribution in [1.29, 1.82) is 0 Å². The van der Waals surface area contributed by atoms with Crippen molar-refractivity contribution in [1.82, 2.24) is 0 Å². The number of aromatic carboxylic acids is 2. The molecule has 0 unspecified atom stereocenters. The molecule has 6 nitrogen and oxygen atoms in total. The molecule has 98 valence electrons. The van der Waals surface area contributed by atoms with Gasteiger partial charge in [-0.05, 0) is 37.0 Å². The third kappa shape index (κ3) is 3.21. The van der Waals surface area contributed by atoms with Gasteiger partial charge in [-0.3, -0.25) is 0 Å². The zero-order valence-corrected chi connectivity index (χ0v) is 9.59. The monoisotopic (exact) mass is 254 g/mol. The van der Waals surface area contributed by atoms with Crippen molar-refractivity contribution in [3.05, 3.63) is 28.8 Å². The number of carboxylic acid groups (broad SMARTS) is 2. The molecule has 0 heterocycles. The quantitative estimate of drug-likeness (QED) is 0.565. The van der Waals surface area contributed by atoms with Gasteiger partial charge in [-0.2, -0.15) is 0 Å². The predicted molar refractivity (Wildman–Crippen MR) is 62.0 cm³/mol. The lowest BCUT2D eigenvalue weighted by atomic mass is 10.00. The first-order valence-electron chi connectivity index (χ1n) is 5.40. The zero-order valence-electron chi connectivity index (χ0n) is 9.59. The van der Waals surface area contributed by atoms with E-state index in [0.717, 1.165) is 0 Å². The van der Waals surface area contributed by atoms with Gasteiger partial charge in [0.05, 0.1) is 0 Å². The van der Waals surface area contributed by atoms with Crippen molar-refractivity contribution >= 4 is 11.9 Å². The van der Waals surface area contributed by atoms with Crippen molar-refractivity contribution in [3.63, 3.8) is 0 Å². The van der Waals surface area contributed by atoms with Gasteiger partial charge in [-0.25, -0.2) is 9.59 Å². The number of aliphatic hydroxyl groups is 1. The highest BCUT2D eigenvalue weighted by Gasteiger charge is 2.19. The lowest BCUT2D eigenvalue weighted by molar-refractivity contribution is 0.0691. The van der Waals surface area contributed by atoms with Crippen LogP contribution in [0.3, 0.4) is 0 Å². The van der Waals surface area contributed by atoms with E-state index >= 15 is 0 Å². The first kappa shape index (κ1) is 14.0. The molecule has 1 rings (SSSR count). The number of benzene rings is 1. The Morgan fingerprint density at radius 1 is 1.00 bits per heavy atom. The van der Waals surface area contributed by atoms with E-state index in [2.05, 4.69) is 0 Å². The fourth-order valence-corrected chi connectivity index (χ4v) is 1.61. The van der Waals surface area contributed by atoms with Crippen LogP contribution in [0.5, 0.6) is 5.75 Å². The number of carbonyl (C=O) groups is 2. The van der Waals surface area contributed by atoms with Gasteiger partial charge in [0.1, 0.15) is 16.9 Å². The van der Waals surface area contributed by atoms with E-state index in [-0.39, 0.29) is 6.61 Å². The Hall–Kier alpha value is -2.08. The summed E-state index contributed by atoms with van der Waals surface area (Å²) in [6.45, 7) is 0.0235. The molecule has 0 spiro atoms. The van der Waals surface area contributed by atoms with Crippen LogP contribution in [0.2, 0.25) is 0 Å². The molecule has 0 aliphatic rings. The summed E-state index contributed by atoms with van der Waals surface area (Å²) in [5.41, 5.74) is -0.334. The third-order valence-electron chi connectivity index (χ3n) is 2.50. The van der Waals surface area contributed by atoms with E-state index in [1.54, 1.807) is 0 Å². The van der Waals surface area contributed by atoms with E-state index in [1.807, 2.05) is 0 Å². The number of hydrogen-bond donors (Lipinski definition) is 4. The van der Waals surface area contributed by atoms with E-state index in [1.165, 1.54) is 12.1 Å². The Balaban J connectivity index is 3.12. The van der Waals surface area contributed by atoms with Crippen LogP contribution in [0.15, 0.2) is 12.1 Å². The predicted octanol–water partition coefficient (Wildman–Crippen LogP) is 1.10. The zero-order chi connectivity index (χ0) is 13.7. The highest BCUT2D eigenvalue weighted by Crippen LogP contribution is 2.25. The van der Waals surface area contributed by atoms with Crippen LogP contribution in [0.1, 0.15) is 39.1 Å². The number of unbranched alkanes of at least 4 members (excludes halogenated alkanes) is 1. The average molecular weight is 254 g/mol. The molecule has 0 atom stereocenters. The van der Waals surface area contributed by atoms with E-state index in [4.69, 9.17) is 15.3 Å². The summed E-state index contributed by atoms with van der Waals surface area (Å²) >= 11 is 0. The molecule has 0 amide bonds. The molecule has 0 saturated carbocycles. The van der Waals surface area contributed by atoms with Crippen molar-refractivity contribution in [2.45, 2.75) is 19.3 Å². The molecule has 18 heavy (non-hydrogen) atoms. The van der Waals surface area contributed by atoms with Gasteiger partial charge in [-0.1, -0.05) is 0 Å². The summed E-state index contributed by atoms with van der Waals surface area (Å²) in [7, 11) is 0. The fraction of sp³-hybridized carbons (Fsp3) is 0.333. The minimum absolute atomic E-state index is 0.0235. The van der Waals surface area contributed by atoms with Crippen LogP contribution >= 0.6 is 0 Å². The molecule has 0 saturated heterocycles. The SMILES string of the molecule is O=C(O)c1cc(CCCCO)cc(C(=O)O)c1O. The highest BCUT2D eigenvalue weighted by atomic mass is 16.4. The minimum atomic E-state index is -1.38. The fourth-order valence-electron chi connectivity index (χ4n) is 1.61. The molecule has 0 aliphatic carbocycles. The average Bonchev–Trinajstić information content (AvgIpc) is 2.30. The van der Waals surface area contributed by atoms with Crippen LogP contribution in [-0.4, -0.2) is 39.0 Å². The summed E-state index contributed by atoms with van der Waals surface area (Å²) in [4.78, 5) is 21.8. The Labute approximate surface area is 103 Å². The summed E-state index contributed by atoms with van der Waals surface area (Å²) in [6.07, 6.45) is 1.60. The number of phenols is 1. The van der Waals surface area contributed by atoms with Gasteiger partial charge >= 0.3 is 11.9 Å². The van der Waals surface area contributed by atoms with Crippen LogP contribution in [0, 0.1) is 0 Å². The molecule has 0 aromatic heterocycles. The summed E-state index contributed by atoms with van der Waals surface area (Å²) < 4.78 is 0. The van der Waals surface area contributed by atoms with Crippen molar-refractivity contribution in [2.75, 3.05) is 6.61 Å². The second kappa shape index (κ2) is 6.02. The van der Waals surface area contributed by atoms with E-state index in [9.17, 15) is 14.7 Å². The molecule has 4 N–H and O–H groups in total. The van der Waals surface area contributed by atoms with Gasteiger partial charge in [0.15, 0.2) is 0 Å². The Kier molecular flexibility index (Phi) is 4.67. The smallest absolute Gasteiger partial charge is 0.339 e. The lowest BCUT2D eigenvalue weighted by Gasteiger charge is -2.08. The molecule has 0 radical (unpaired) electrons. The standard InChI is InChI=1S/C12H14O6/c13-4-2-1-3-7-5-8(11(15)16)10(14)9(6-7)12(17)18/h5-6,13-14H,1-4H2,(H,15,16)(H,17,18). The molecular weight excluding hydrogens is 240 g/mol. The van der Waals surface area contributed by atoms with Gasteiger partial charge in [0, 0.05) is 6.61 Å². The van der Waals surface area contributed by atoms with Gasteiger partial charge in [0.25, 0.3) is 0 Å². The van der Waals surface area contributed by atoms with Gasteiger partial charge in [-0.15, -0.1) is 0 Å². The Bertz CT molecular complexity index is 431. The van der Waals surface area contributed by atoms with Crippen LogP contribution in [0.25, 0.3) is 0 Å². The maximum absolute atomic E-state index is 10.9. The molecule has 0 fully saturated rings. The van der Waals surface area contributed by atoms with Crippen LogP contribution in [0.4, 0.5) is 0 Å². The number of hydrogen-bond acceptors (Lipinski definition) is 4. The largest absolute Gasteiger partial charge is 0.506 e. The van der Waals surface area contributed by atoms with E-state index < -0.39 is 28.8 Å². The molecule has 1 aromatic carbocycles. The van der Waals surface area contributed by atoms with Crippen molar-refractivity contribution in [3.8, 4) is 5.75 Å². The maximum Gasteiger partial charge on any atom is 0.339 e. The first-order chi connectivity index (χ1) is 8.47. The highest BCUT2D eigenvalue weighted by molar-refractivity contribution is 5.98. The van der Waals surface area contributed by atoms with Gasteiger partial charge < -0.3 is 20.4 Å². The number of aromatic hydroxyl groups is 1. The van der Waals surface area contributed by atoms with E-state index in [0.29, 0.717) is 24.8 Å². The van der Waals surface area contributed by atoms with Crippen LogP contribution < -0.4 is 0 Å². The Morgan fingerprint density at radius 3 is 1.89 bits per heavy atom. The molecule has 6 heteroatoms. The molecule has 1 aromatic rings. The van der Waals surface area contributed by atoms with Crippen molar-refractivity contribution < 1.29 is 30.0 Å². The normalized spacial score (nSPS) is 10.3. The second-order valence-electron chi connectivity index (χ2n) is 3.83. The third-order valence-corrected chi connectivity index (χ3v) is 2.50. The number of aryl methyl sites for hydroxylation is 1. The second-order valence-corrected chi connectivity index (χ2v) is 3.83. The molecule has 0 bridgehead atoms. The lowest BCUT2D eigenvalue weighted by Crippen LogP contribution is -2.05. The number of carboxylic acids is 2. The summed E-state index contributed by atoms with van der Waals surface area (Å²) in [5.74, 6) is -3.49. The molecular formula is C12H14O6. The maximum atomic E-state index is 10.9. The van der Waals surface area contributed by atoms with Gasteiger partial charge in [0.2, 0.25) is 0 Å². The van der Waals surface area contributed by atoms with Crippen molar-refractivity contribution in [2.24, 2.45) is 0 Å². The first-order valence-corrected chi connectivity index (χ1v) is 5.40. The van der Waals surface area contributed by atoms with Crippen LogP contribution in [-0.2, 0) is 6.42 Å².